The smallest absolute Gasteiger partial charge is 0.343 e. The summed E-state index contributed by atoms with van der Waals surface area (Å²) in [6.45, 7) is 3.90. The molecule has 0 N–H and O–H groups in total. The third-order valence-electron chi connectivity index (χ3n) is 5.99. The van der Waals surface area contributed by atoms with Gasteiger partial charge in [0.25, 0.3) is 11.8 Å². The van der Waals surface area contributed by atoms with E-state index in [-0.39, 0.29) is 25.5 Å². The molecule has 2 amide bonds. The molecule has 226 valence electrons. The largest absolute Gasteiger partial charge is 0.494 e. The highest BCUT2D eigenvalue weighted by molar-refractivity contribution is 6.14. The Morgan fingerprint density at radius 2 is 1.56 bits per heavy atom. The molecule has 0 aromatic heterocycles. The molecule has 1 aliphatic heterocycles. The van der Waals surface area contributed by atoms with Gasteiger partial charge in [-0.15, -0.1) is 0 Å². The van der Waals surface area contributed by atoms with Gasteiger partial charge < -0.3 is 23.7 Å². The number of unbranched alkanes of at least 4 members (excludes halogenated alkanes) is 3. The van der Waals surface area contributed by atoms with Gasteiger partial charge in [0.15, 0.2) is 11.5 Å². The number of carbonyl (C=O) groups is 5. The van der Waals surface area contributed by atoms with Gasteiger partial charge in [-0.1, -0.05) is 18.7 Å². The zero-order valence-corrected chi connectivity index (χ0v) is 23.8. The normalized spacial score (nSPS) is 12.3. The summed E-state index contributed by atoms with van der Waals surface area (Å²) in [6, 6.07) is 11.4. The summed E-state index contributed by atoms with van der Waals surface area (Å²) >= 11 is 0. The lowest BCUT2D eigenvalue weighted by molar-refractivity contribution is -0.151. The lowest BCUT2D eigenvalue weighted by Crippen LogP contribution is -2.35. The van der Waals surface area contributed by atoms with Crippen LogP contribution >= 0.6 is 0 Å². The van der Waals surface area contributed by atoms with Crippen molar-refractivity contribution >= 4 is 35.8 Å². The SMILES string of the molecule is C=CCOC(=O)C=Cc1ccc(OC(=O)c2ccc(OCCCCCCOC(=O)CN3C(=O)C=CC3=O)cc2)c(OC)c1. The predicted molar refractivity (Wildman–Crippen MR) is 155 cm³/mol. The van der Waals surface area contributed by atoms with Crippen LogP contribution in [0.2, 0.25) is 0 Å². The number of amides is 2. The van der Waals surface area contributed by atoms with Gasteiger partial charge >= 0.3 is 17.9 Å². The highest BCUT2D eigenvalue weighted by Gasteiger charge is 2.26. The van der Waals surface area contributed by atoms with E-state index >= 15 is 0 Å². The predicted octanol–water partition coefficient (Wildman–Crippen LogP) is 4.06. The quantitative estimate of drug-likeness (QED) is 0.0662. The molecule has 11 heteroatoms. The number of rotatable bonds is 17. The molecular weight excluding hydrogens is 558 g/mol. The molecule has 0 saturated heterocycles. The van der Waals surface area contributed by atoms with Crippen LogP contribution in [0.5, 0.6) is 17.2 Å². The lowest BCUT2D eigenvalue weighted by atomic mass is 10.2. The van der Waals surface area contributed by atoms with Crippen LogP contribution in [0.25, 0.3) is 6.08 Å². The molecule has 0 bridgehead atoms. The van der Waals surface area contributed by atoms with Gasteiger partial charge in [-0.05, 0) is 73.7 Å². The summed E-state index contributed by atoms with van der Waals surface area (Å²) in [5.74, 6) is -1.59. The summed E-state index contributed by atoms with van der Waals surface area (Å²) in [7, 11) is 1.45. The van der Waals surface area contributed by atoms with Crippen LogP contribution < -0.4 is 14.2 Å². The first-order valence-corrected chi connectivity index (χ1v) is 13.6. The van der Waals surface area contributed by atoms with E-state index in [0.29, 0.717) is 35.7 Å². The molecule has 1 heterocycles. The average molecular weight is 592 g/mol. The first-order valence-electron chi connectivity index (χ1n) is 13.6. The summed E-state index contributed by atoms with van der Waals surface area (Å²) in [5.41, 5.74) is 0.980. The standard InChI is InChI=1S/C32H33NO10/c1-3-18-41-30(36)17-9-23-8-14-26(27(21-23)39-2)43-32(38)24-10-12-25(13-11-24)40-19-6-4-5-7-20-42-31(37)22-33-28(34)15-16-29(33)35/h3,8-17,21H,1,4-7,18-20,22H2,2H3. The van der Waals surface area contributed by atoms with Crippen molar-refractivity contribution in [2.75, 3.05) is 33.5 Å². The molecule has 0 fully saturated rings. The molecule has 2 aromatic rings. The fourth-order valence-electron chi connectivity index (χ4n) is 3.77. The van der Waals surface area contributed by atoms with E-state index in [2.05, 4.69) is 6.58 Å². The summed E-state index contributed by atoms with van der Waals surface area (Å²) in [6.07, 6.45) is 9.64. The number of hydrogen-bond acceptors (Lipinski definition) is 10. The monoisotopic (exact) mass is 591 g/mol. The maximum Gasteiger partial charge on any atom is 0.343 e. The minimum atomic E-state index is -0.619. The molecule has 0 aliphatic carbocycles. The first-order chi connectivity index (χ1) is 20.8. The highest BCUT2D eigenvalue weighted by Crippen LogP contribution is 2.29. The van der Waals surface area contributed by atoms with E-state index < -0.39 is 29.7 Å². The van der Waals surface area contributed by atoms with Gasteiger partial charge in [-0.3, -0.25) is 19.3 Å². The van der Waals surface area contributed by atoms with Crippen LogP contribution in [0, 0.1) is 0 Å². The number of methoxy groups -OCH3 is 1. The number of hydrogen-bond donors (Lipinski definition) is 0. The zero-order chi connectivity index (χ0) is 31.0. The minimum absolute atomic E-state index is 0.118. The molecule has 0 saturated carbocycles. The van der Waals surface area contributed by atoms with Crippen LogP contribution in [0.3, 0.4) is 0 Å². The van der Waals surface area contributed by atoms with Crippen LogP contribution in [0.15, 0.2) is 73.3 Å². The second-order valence-electron chi connectivity index (χ2n) is 9.16. The number of imide groups is 1. The lowest BCUT2D eigenvalue weighted by Gasteiger charge is -2.12. The van der Waals surface area contributed by atoms with Crippen molar-refractivity contribution in [3.05, 3.63) is 84.5 Å². The van der Waals surface area contributed by atoms with E-state index in [1.54, 1.807) is 48.5 Å². The Bertz CT molecular complexity index is 1360. The van der Waals surface area contributed by atoms with Crippen molar-refractivity contribution in [2.45, 2.75) is 25.7 Å². The second kappa shape index (κ2) is 16.9. The van der Waals surface area contributed by atoms with E-state index in [0.717, 1.165) is 36.3 Å². The van der Waals surface area contributed by atoms with E-state index in [9.17, 15) is 24.0 Å². The number of benzene rings is 2. The van der Waals surface area contributed by atoms with Gasteiger partial charge in [0.05, 0.1) is 25.9 Å². The van der Waals surface area contributed by atoms with Gasteiger partial charge in [-0.2, -0.15) is 0 Å². The number of nitrogens with zero attached hydrogens (tertiary/aromatic N) is 1. The number of ether oxygens (including phenoxy) is 5. The van der Waals surface area contributed by atoms with Gasteiger partial charge in [0.1, 0.15) is 18.9 Å². The molecule has 3 rings (SSSR count). The maximum atomic E-state index is 12.7. The molecule has 0 atom stereocenters. The van der Waals surface area contributed by atoms with Crippen molar-refractivity contribution in [3.8, 4) is 17.2 Å². The summed E-state index contributed by atoms with van der Waals surface area (Å²) in [4.78, 5) is 59.8. The molecule has 0 spiro atoms. The third kappa shape index (κ3) is 10.6. The molecule has 0 radical (unpaired) electrons. The maximum absolute atomic E-state index is 12.7. The Morgan fingerprint density at radius 3 is 2.23 bits per heavy atom. The van der Waals surface area contributed by atoms with Crippen molar-refractivity contribution in [3.63, 3.8) is 0 Å². The highest BCUT2D eigenvalue weighted by atomic mass is 16.6. The Hall–Kier alpha value is -5.19. The minimum Gasteiger partial charge on any atom is -0.494 e. The van der Waals surface area contributed by atoms with Crippen LogP contribution in [0.4, 0.5) is 0 Å². The Labute approximate surface area is 249 Å². The first kappa shape index (κ1) is 32.3. The van der Waals surface area contributed by atoms with Crippen molar-refractivity contribution < 1.29 is 47.7 Å². The van der Waals surface area contributed by atoms with Crippen molar-refractivity contribution in [1.29, 1.82) is 0 Å². The van der Waals surface area contributed by atoms with Gasteiger partial charge in [0.2, 0.25) is 0 Å². The van der Waals surface area contributed by atoms with Crippen LogP contribution in [0.1, 0.15) is 41.6 Å². The molecule has 2 aromatic carbocycles. The Balaban J connectivity index is 1.34. The molecule has 1 aliphatic rings. The fraction of sp³-hybridized carbons (Fsp3) is 0.281. The molecule has 43 heavy (non-hydrogen) atoms. The third-order valence-corrected chi connectivity index (χ3v) is 5.99. The molecule has 11 nitrogen and oxygen atoms in total. The Kier molecular flexibility index (Phi) is 12.7. The van der Waals surface area contributed by atoms with E-state index in [1.165, 1.54) is 19.3 Å². The topological polar surface area (TPSA) is 135 Å². The van der Waals surface area contributed by atoms with Crippen molar-refractivity contribution in [1.82, 2.24) is 4.90 Å². The van der Waals surface area contributed by atoms with Crippen molar-refractivity contribution in [2.24, 2.45) is 0 Å². The average Bonchev–Trinajstić information content (AvgIpc) is 3.33. The molecule has 0 unspecified atom stereocenters. The summed E-state index contributed by atoms with van der Waals surface area (Å²) < 4.78 is 26.5. The van der Waals surface area contributed by atoms with Gasteiger partial charge in [-0.25, -0.2) is 9.59 Å². The van der Waals surface area contributed by atoms with Crippen LogP contribution in [-0.4, -0.2) is 68.1 Å². The molecular formula is C32H33NO10. The van der Waals surface area contributed by atoms with E-state index in [1.807, 2.05) is 0 Å². The fourth-order valence-corrected chi connectivity index (χ4v) is 3.77. The zero-order valence-electron chi connectivity index (χ0n) is 23.8. The number of esters is 3. The van der Waals surface area contributed by atoms with E-state index in [4.69, 9.17) is 23.7 Å². The second-order valence-corrected chi connectivity index (χ2v) is 9.16. The Morgan fingerprint density at radius 1 is 0.860 bits per heavy atom. The number of carbonyl (C=O) groups excluding carboxylic acids is 5. The van der Waals surface area contributed by atoms with Crippen LogP contribution in [-0.2, 0) is 28.7 Å². The van der Waals surface area contributed by atoms with Gasteiger partial charge in [0, 0.05) is 18.2 Å². The summed E-state index contributed by atoms with van der Waals surface area (Å²) in [5, 5.41) is 0.